The lowest BCUT2D eigenvalue weighted by atomic mass is 9.96. The third-order valence-corrected chi connectivity index (χ3v) is 5.34. The molecular formula is C20H21ClN4O3. The van der Waals surface area contributed by atoms with Crippen molar-refractivity contribution in [1.82, 2.24) is 10.3 Å². The van der Waals surface area contributed by atoms with Gasteiger partial charge in [-0.15, -0.1) is 0 Å². The molecule has 1 aromatic heterocycles. The first kappa shape index (κ1) is 18.7. The molecule has 2 aliphatic heterocycles. The van der Waals surface area contributed by atoms with Crippen molar-refractivity contribution in [2.75, 3.05) is 30.5 Å². The van der Waals surface area contributed by atoms with Crippen molar-refractivity contribution < 1.29 is 14.3 Å². The van der Waals surface area contributed by atoms with Gasteiger partial charge in [-0.2, -0.15) is 0 Å². The Morgan fingerprint density at radius 2 is 2.18 bits per heavy atom. The molecule has 0 spiro atoms. The minimum atomic E-state index is -0.605. The number of anilines is 2. The number of fused-ring (bicyclic) bond motifs is 2. The smallest absolute Gasteiger partial charge is 0.249 e. The van der Waals surface area contributed by atoms with E-state index in [1.165, 1.54) is 0 Å². The lowest BCUT2D eigenvalue weighted by Gasteiger charge is -2.34. The van der Waals surface area contributed by atoms with Crippen LogP contribution in [0.3, 0.4) is 0 Å². The molecule has 3 heterocycles. The van der Waals surface area contributed by atoms with Gasteiger partial charge < -0.3 is 20.3 Å². The summed E-state index contributed by atoms with van der Waals surface area (Å²) in [5.41, 5.74) is 3.65. The van der Waals surface area contributed by atoms with Gasteiger partial charge in [-0.25, -0.2) is 4.98 Å². The molecule has 0 aliphatic carbocycles. The molecule has 0 saturated heterocycles. The molecule has 2 unspecified atom stereocenters. The number of halogens is 1. The summed E-state index contributed by atoms with van der Waals surface area (Å²) in [5, 5.41) is 6.47. The number of pyridine rings is 1. The summed E-state index contributed by atoms with van der Waals surface area (Å²) in [7, 11) is 1.60. The molecule has 146 valence electrons. The van der Waals surface area contributed by atoms with Crippen LogP contribution in [-0.2, 0) is 27.2 Å². The Labute approximate surface area is 168 Å². The quantitative estimate of drug-likeness (QED) is 0.748. The molecule has 2 aliphatic rings. The number of ether oxygens (including phenoxy) is 1. The van der Waals surface area contributed by atoms with Crippen LogP contribution in [0, 0.1) is 0 Å². The van der Waals surface area contributed by atoms with Gasteiger partial charge in [-0.05, 0) is 23.3 Å². The first-order valence-electron chi connectivity index (χ1n) is 9.16. The van der Waals surface area contributed by atoms with Crippen LogP contribution in [0.1, 0.15) is 11.1 Å². The zero-order valence-corrected chi connectivity index (χ0v) is 16.2. The highest BCUT2D eigenvalue weighted by Gasteiger charge is 2.36. The average Bonchev–Trinajstić information content (AvgIpc) is 3.11. The molecule has 0 bridgehead atoms. The zero-order valence-electron chi connectivity index (χ0n) is 15.4. The van der Waals surface area contributed by atoms with E-state index >= 15 is 0 Å². The van der Waals surface area contributed by atoms with Crippen LogP contribution in [0.5, 0.6) is 0 Å². The second kappa shape index (κ2) is 7.77. The normalized spacial score (nSPS) is 20.4. The number of methoxy groups -OCH3 is 1. The van der Waals surface area contributed by atoms with Crippen molar-refractivity contribution in [1.29, 1.82) is 0 Å². The molecule has 28 heavy (non-hydrogen) atoms. The number of carbonyl (C=O) groups excluding carboxylic acids is 2. The van der Waals surface area contributed by atoms with E-state index in [1.54, 1.807) is 24.3 Å². The third kappa shape index (κ3) is 3.55. The number of nitrogens with one attached hydrogen (secondary N) is 2. The van der Waals surface area contributed by atoms with E-state index in [2.05, 4.69) is 15.6 Å². The molecule has 7 nitrogen and oxygen atoms in total. The maximum Gasteiger partial charge on any atom is 0.249 e. The molecule has 2 amide bonds. The Morgan fingerprint density at radius 3 is 3.00 bits per heavy atom. The molecule has 0 radical (unpaired) electrons. The second-order valence-corrected chi connectivity index (χ2v) is 7.33. The minimum Gasteiger partial charge on any atom is -0.383 e. The fourth-order valence-corrected chi connectivity index (χ4v) is 3.92. The summed E-state index contributed by atoms with van der Waals surface area (Å²) >= 11 is 5.93. The Kier molecular flexibility index (Phi) is 5.19. The SMILES string of the molecule is COCCN1C(=O)C(NC(=O)C2Cc3cc(Cl)ncc3N2)Cc2ccccc21. The topological polar surface area (TPSA) is 83.6 Å². The standard InChI is InChI=1S/C20H21ClN4O3/c1-28-7-6-25-17-5-3-2-4-12(17)8-15(20(25)27)24-19(26)14-9-13-10-18(21)22-11-16(13)23-14/h2-5,10-11,14-15,23H,6-9H2,1H3,(H,24,26). The first-order valence-corrected chi connectivity index (χ1v) is 9.54. The lowest BCUT2D eigenvalue weighted by molar-refractivity contribution is -0.128. The number of aromatic nitrogens is 1. The first-order chi connectivity index (χ1) is 13.6. The van der Waals surface area contributed by atoms with Crippen molar-refractivity contribution in [3.63, 3.8) is 0 Å². The third-order valence-electron chi connectivity index (χ3n) is 5.13. The Bertz CT molecular complexity index is 920. The average molecular weight is 401 g/mol. The fraction of sp³-hybridized carbons (Fsp3) is 0.350. The van der Waals surface area contributed by atoms with Crippen LogP contribution in [0.15, 0.2) is 36.5 Å². The van der Waals surface area contributed by atoms with Crippen LogP contribution in [0.4, 0.5) is 11.4 Å². The van der Waals surface area contributed by atoms with Gasteiger partial charge >= 0.3 is 0 Å². The highest BCUT2D eigenvalue weighted by atomic mass is 35.5. The van der Waals surface area contributed by atoms with E-state index < -0.39 is 12.1 Å². The summed E-state index contributed by atoms with van der Waals surface area (Å²) in [6.07, 6.45) is 2.60. The fourth-order valence-electron chi connectivity index (χ4n) is 3.74. The predicted molar refractivity (Wildman–Crippen MR) is 107 cm³/mol. The van der Waals surface area contributed by atoms with Gasteiger partial charge in [0, 0.05) is 32.2 Å². The van der Waals surface area contributed by atoms with Gasteiger partial charge in [0.1, 0.15) is 17.2 Å². The second-order valence-electron chi connectivity index (χ2n) is 6.94. The molecule has 0 saturated carbocycles. The zero-order chi connectivity index (χ0) is 19.7. The van der Waals surface area contributed by atoms with Gasteiger partial charge in [-0.3, -0.25) is 9.59 Å². The molecule has 8 heteroatoms. The van der Waals surface area contributed by atoms with Crippen LogP contribution < -0.4 is 15.5 Å². The van der Waals surface area contributed by atoms with E-state index in [4.69, 9.17) is 16.3 Å². The number of rotatable bonds is 5. The predicted octanol–water partition coefficient (Wildman–Crippen LogP) is 1.79. The highest BCUT2D eigenvalue weighted by molar-refractivity contribution is 6.29. The van der Waals surface area contributed by atoms with Gasteiger partial charge in [0.15, 0.2) is 0 Å². The van der Waals surface area contributed by atoms with Crippen LogP contribution in [0.25, 0.3) is 0 Å². The molecule has 2 aromatic rings. The summed E-state index contributed by atoms with van der Waals surface area (Å²) in [4.78, 5) is 31.6. The van der Waals surface area contributed by atoms with Gasteiger partial charge in [0.25, 0.3) is 0 Å². The van der Waals surface area contributed by atoms with E-state index in [0.29, 0.717) is 31.1 Å². The molecular weight excluding hydrogens is 380 g/mol. The summed E-state index contributed by atoms with van der Waals surface area (Å²) in [6.45, 7) is 0.865. The largest absolute Gasteiger partial charge is 0.383 e. The monoisotopic (exact) mass is 400 g/mol. The maximum atomic E-state index is 13.0. The van der Waals surface area contributed by atoms with Crippen molar-refractivity contribution in [2.45, 2.75) is 24.9 Å². The van der Waals surface area contributed by atoms with Crippen LogP contribution in [-0.4, -0.2) is 49.1 Å². The number of benzene rings is 1. The number of nitrogens with zero attached hydrogens (tertiary/aromatic N) is 2. The number of amides is 2. The van der Waals surface area contributed by atoms with Crippen molar-refractivity contribution in [3.05, 3.63) is 52.8 Å². The number of para-hydroxylation sites is 1. The number of hydrogen-bond acceptors (Lipinski definition) is 5. The molecule has 4 rings (SSSR count). The van der Waals surface area contributed by atoms with E-state index in [-0.39, 0.29) is 11.8 Å². The Morgan fingerprint density at radius 1 is 1.36 bits per heavy atom. The Balaban J connectivity index is 1.49. The van der Waals surface area contributed by atoms with E-state index in [9.17, 15) is 9.59 Å². The lowest BCUT2D eigenvalue weighted by Crippen LogP contribution is -2.55. The maximum absolute atomic E-state index is 13.0. The van der Waals surface area contributed by atoms with Crippen LogP contribution >= 0.6 is 11.6 Å². The van der Waals surface area contributed by atoms with Gasteiger partial charge in [-0.1, -0.05) is 29.8 Å². The van der Waals surface area contributed by atoms with E-state index in [1.807, 2.05) is 24.3 Å². The highest BCUT2D eigenvalue weighted by Crippen LogP contribution is 2.29. The molecule has 2 N–H and O–H groups in total. The van der Waals surface area contributed by atoms with E-state index in [0.717, 1.165) is 22.5 Å². The van der Waals surface area contributed by atoms with Gasteiger partial charge in [0.2, 0.25) is 11.8 Å². The van der Waals surface area contributed by atoms with Crippen molar-refractivity contribution in [2.24, 2.45) is 0 Å². The van der Waals surface area contributed by atoms with Crippen molar-refractivity contribution in [3.8, 4) is 0 Å². The molecule has 1 aromatic carbocycles. The molecule has 2 atom stereocenters. The summed E-state index contributed by atoms with van der Waals surface area (Å²) < 4.78 is 5.14. The number of carbonyl (C=O) groups is 2. The molecule has 0 fully saturated rings. The minimum absolute atomic E-state index is 0.121. The number of hydrogen-bond donors (Lipinski definition) is 2. The van der Waals surface area contributed by atoms with Crippen molar-refractivity contribution >= 4 is 34.8 Å². The van der Waals surface area contributed by atoms with Crippen LogP contribution in [0.2, 0.25) is 5.15 Å². The Hall–Kier alpha value is -2.64. The van der Waals surface area contributed by atoms with Gasteiger partial charge in [0.05, 0.1) is 18.5 Å². The summed E-state index contributed by atoms with van der Waals surface area (Å²) in [6, 6.07) is 8.45. The summed E-state index contributed by atoms with van der Waals surface area (Å²) in [5.74, 6) is -0.332.